The zero-order valence-electron chi connectivity index (χ0n) is 11.4. The maximum atomic E-state index is 12.3. The van der Waals surface area contributed by atoms with Crippen molar-refractivity contribution in [3.05, 3.63) is 54.4 Å². The molecule has 20 heavy (non-hydrogen) atoms. The molecule has 4 nitrogen and oxygen atoms in total. The monoisotopic (exact) mass is 267 g/mol. The quantitative estimate of drug-likeness (QED) is 0.861. The molecule has 3 rings (SSSR count). The number of fused-ring (bicyclic) bond motifs is 1. The first-order valence-electron chi connectivity index (χ1n) is 6.72. The third kappa shape index (κ3) is 2.42. The maximum absolute atomic E-state index is 12.3. The van der Waals surface area contributed by atoms with Gasteiger partial charge in [-0.2, -0.15) is 0 Å². The summed E-state index contributed by atoms with van der Waals surface area (Å²) in [6.07, 6.45) is 7.54. The number of hydrogen-bond donors (Lipinski definition) is 1. The van der Waals surface area contributed by atoms with Crippen LogP contribution in [0.3, 0.4) is 0 Å². The number of carbonyl (C=O) groups is 1. The Labute approximate surface area is 118 Å². The predicted octanol–water partition coefficient (Wildman–Crippen LogP) is 1.72. The van der Waals surface area contributed by atoms with E-state index in [4.69, 9.17) is 0 Å². The summed E-state index contributed by atoms with van der Waals surface area (Å²) in [7, 11) is 1.84. The molecule has 2 heterocycles. The zero-order valence-corrected chi connectivity index (χ0v) is 11.4. The molecule has 1 N–H and O–H groups in total. The van der Waals surface area contributed by atoms with Gasteiger partial charge >= 0.3 is 0 Å². The third-order valence-corrected chi connectivity index (χ3v) is 3.60. The highest BCUT2D eigenvalue weighted by molar-refractivity contribution is 5.87. The van der Waals surface area contributed by atoms with Crippen molar-refractivity contribution in [1.29, 1.82) is 0 Å². The molecule has 0 radical (unpaired) electrons. The highest BCUT2D eigenvalue weighted by atomic mass is 16.2. The Morgan fingerprint density at radius 2 is 2.35 bits per heavy atom. The zero-order chi connectivity index (χ0) is 13.9. The van der Waals surface area contributed by atoms with Crippen LogP contribution in [0, 0.1) is 0 Å². The first-order valence-corrected chi connectivity index (χ1v) is 6.72. The van der Waals surface area contributed by atoms with Crippen molar-refractivity contribution in [2.24, 2.45) is 0 Å². The molecule has 4 heteroatoms. The van der Waals surface area contributed by atoms with Crippen LogP contribution in [0.15, 0.2) is 48.8 Å². The van der Waals surface area contributed by atoms with Crippen molar-refractivity contribution in [3.63, 3.8) is 0 Å². The second kappa shape index (κ2) is 5.43. The van der Waals surface area contributed by atoms with Gasteiger partial charge in [0.2, 0.25) is 5.91 Å². The highest BCUT2D eigenvalue weighted by Gasteiger charge is 2.21. The number of benzene rings is 1. The first-order chi connectivity index (χ1) is 9.75. The molecule has 1 aromatic carbocycles. The van der Waals surface area contributed by atoms with Crippen LogP contribution in [-0.2, 0) is 11.3 Å². The molecule has 1 unspecified atom stereocenters. The number of nitrogens with zero attached hydrogens (tertiary/aromatic N) is 2. The molecule has 1 amide bonds. The van der Waals surface area contributed by atoms with Crippen molar-refractivity contribution in [2.75, 3.05) is 13.6 Å². The molecule has 0 bridgehead atoms. The fraction of sp³-hybridized carbons (Fsp3) is 0.250. The Kier molecular flexibility index (Phi) is 3.48. The molecular formula is C16H17N3O. The number of carbonyl (C=O) groups excluding carboxylic acids is 1. The van der Waals surface area contributed by atoms with Crippen LogP contribution in [-0.4, -0.2) is 35.4 Å². The summed E-state index contributed by atoms with van der Waals surface area (Å²) in [4.78, 5) is 18.2. The number of rotatable bonds is 3. The lowest BCUT2D eigenvalue weighted by Crippen LogP contribution is -2.41. The van der Waals surface area contributed by atoms with Crippen LogP contribution < -0.4 is 5.32 Å². The van der Waals surface area contributed by atoms with Gasteiger partial charge in [-0.05, 0) is 17.0 Å². The van der Waals surface area contributed by atoms with E-state index in [1.54, 1.807) is 11.1 Å². The van der Waals surface area contributed by atoms with Crippen LogP contribution in [0.5, 0.6) is 0 Å². The number of hydrogen-bond acceptors (Lipinski definition) is 3. The summed E-state index contributed by atoms with van der Waals surface area (Å²) in [6.45, 7) is 1.37. The van der Waals surface area contributed by atoms with E-state index in [0.717, 1.165) is 22.9 Å². The van der Waals surface area contributed by atoms with Crippen LogP contribution in [0.4, 0.5) is 0 Å². The van der Waals surface area contributed by atoms with Gasteiger partial charge in [-0.15, -0.1) is 0 Å². The number of aromatic nitrogens is 1. The molecule has 1 atom stereocenters. The molecule has 0 aliphatic carbocycles. The SMILES string of the molecule is CN(Cc1cccc2cnccc12)C(=O)C1C=CCN1. The van der Waals surface area contributed by atoms with E-state index in [-0.39, 0.29) is 11.9 Å². The predicted molar refractivity (Wildman–Crippen MR) is 79.1 cm³/mol. The third-order valence-electron chi connectivity index (χ3n) is 3.60. The molecule has 0 spiro atoms. The molecule has 1 aliphatic rings. The smallest absolute Gasteiger partial charge is 0.243 e. The minimum atomic E-state index is -0.184. The Hall–Kier alpha value is -2.20. The lowest BCUT2D eigenvalue weighted by Gasteiger charge is -2.21. The van der Waals surface area contributed by atoms with Gasteiger partial charge in [-0.1, -0.05) is 30.4 Å². The van der Waals surface area contributed by atoms with E-state index in [1.165, 1.54) is 0 Å². The van der Waals surface area contributed by atoms with Gasteiger partial charge in [0.25, 0.3) is 0 Å². The van der Waals surface area contributed by atoms with Crippen LogP contribution in [0.2, 0.25) is 0 Å². The summed E-state index contributed by atoms with van der Waals surface area (Å²) in [5, 5.41) is 5.40. The van der Waals surface area contributed by atoms with Gasteiger partial charge in [0, 0.05) is 37.9 Å². The van der Waals surface area contributed by atoms with E-state index in [2.05, 4.69) is 16.4 Å². The fourth-order valence-corrected chi connectivity index (χ4v) is 2.54. The summed E-state index contributed by atoms with van der Waals surface area (Å²) in [6, 6.07) is 7.91. The Morgan fingerprint density at radius 1 is 1.45 bits per heavy atom. The summed E-state index contributed by atoms with van der Waals surface area (Å²) < 4.78 is 0. The second-order valence-electron chi connectivity index (χ2n) is 5.02. The lowest BCUT2D eigenvalue weighted by atomic mass is 10.1. The minimum absolute atomic E-state index is 0.102. The van der Waals surface area contributed by atoms with E-state index < -0.39 is 0 Å². The van der Waals surface area contributed by atoms with Crippen LogP contribution in [0.1, 0.15) is 5.56 Å². The van der Waals surface area contributed by atoms with Crippen molar-refractivity contribution in [2.45, 2.75) is 12.6 Å². The molecule has 0 saturated carbocycles. The van der Waals surface area contributed by atoms with Gasteiger partial charge < -0.3 is 4.90 Å². The topological polar surface area (TPSA) is 45.2 Å². The number of amides is 1. The second-order valence-corrected chi connectivity index (χ2v) is 5.02. The number of nitrogens with one attached hydrogen (secondary N) is 1. The normalized spacial score (nSPS) is 17.6. The molecule has 2 aromatic rings. The maximum Gasteiger partial charge on any atom is 0.243 e. The average Bonchev–Trinajstić information content (AvgIpc) is 3.01. The molecule has 1 aliphatic heterocycles. The lowest BCUT2D eigenvalue weighted by molar-refractivity contribution is -0.131. The number of pyridine rings is 1. The summed E-state index contributed by atoms with van der Waals surface area (Å²) in [5.41, 5.74) is 1.14. The van der Waals surface area contributed by atoms with E-state index in [1.807, 2.05) is 43.6 Å². The van der Waals surface area contributed by atoms with Crippen LogP contribution >= 0.6 is 0 Å². The van der Waals surface area contributed by atoms with Crippen molar-refractivity contribution >= 4 is 16.7 Å². The summed E-state index contributed by atoms with van der Waals surface area (Å²) >= 11 is 0. The van der Waals surface area contributed by atoms with Crippen molar-refractivity contribution in [3.8, 4) is 0 Å². The first kappa shape index (κ1) is 12.8. The van der Waals surface area contributed by atoms with Crippen LogP contribution in [0.25, 0.3) is 10.8 Å². The average molecular weight is 267 g/mol. The Morgan fingerprint density at radius 3 is 3.15 bits per heavy atom. The molecule has 1 aromatic heterocycles. The minimum Gasteiger partial charge on any atom is -0.340 e. The largest absolute Gasteiger partial charge is 0.340 e. The molecule has 0 fully saturated rings. The van der Waals surface area contributed by atoms with E-state index in [0.29, 0.717) is 6.54 Å². The van der Waals surface area contributed by atoms with Gasteiger partial charge in [0.05, 0.1) is 0 Å². The number of likely N-dealkylation sites (N-methyl/N-ethyl adjacent to an activating group) is 1. The van der Waals surface area contributed by atoms with Gasteiger partial charge in [0.15, 0.2) is 0 Å². The van der Waals surface area contributed by atoms with Crippen molar-refractivity contribution in [1.82, 2.24) is 15.2 Å². The van der Waals surface area contributed by atoms with Gasteiger partial charge in [-0.3, -0.25) is 15.1 Å². The summed E-state index contributed by atoms with van der Waals surface area (Å²) in [5.74, 6) is 0.102. The molecular weight excluding hydrogens is 250 g/mol. The molecule has 0 saturated heterocycles. The van der Waals surface area contributed by atoms with Gasteiger partial charge in [0.1, 0.15) is 6.04 Å². The van der Waals surface area contributed by atoms with Gasteiger partial charge in [-0.25, -0.2) is 0 Å². The standard InChI is InChI=1S/C16H17N3O/c1-19(16(20)15-6-3-8-18-15)11-13-5-2-4-12-10-17-9-7-14(12)13/h2-7,9-10,15,18H,8,11H2,1H3. The Balaban J connectivity index is 1.82. The van der Waals surface area contributed by atoms with E-state index in [9.17, 15) is 4.79 Å². The Bertz CT molecular complexity index is 660. The molecule has 102 valence electrons. The van der Waals surface area contributed by atoms with Crippen molar-refractivity contribution < 1.29 is 4.79 Å². The van der Waals surface area contributed by atoms with E-state index >= 15 is 0 Å². The fourth-order valence-electron chi connectivity index (χ4n) is 2.54. The highest BCUT2D eigenvalue weighted by Crippen LogP contribution is 2.19.